The molecule has 0 saturated carbocycles. The average molecular weight is 285 g/mol. The first-order valence-corrected chi connectivity index (χ1v) is 8.45. The molecule has 5 heteroatoms. The van der Waals surface area contributed by atoms with Crippen LogP contribution in [0.25, 0.3) is 0 Å². The van der Waals surface area contributed by atoms with E-state index in [1.54, 1.807) is 0 Å². The number of benzene rings is 1. The Morgan fingerprint density at radius 2 is 1.68 bits per heavy atom. The lowest BCUT2D eigenvalue weighted by Crippen LogP contribution is -2.15. The van der Waals surface area contributed by atoms with Crippen molar-refractivity contribution in [2.75, 3.05) is 24.7 Å². The molecule has 0 heterocycles. The molecule has 0 bridgehead atoms. The van der Waals surface area contributed by atoms with Crippen molar-refractivity contribution in [1.82, 2.24) is 0 Å². The number of unbranched alkanes of at least 4 members (excludes halogenated alkanes) is 1. The summed E-state index contributed by atoms with van der Waals surface area (Å²) in [5, 5.41) is 0. The van der Waals surface area contributed by atoms with Gasteiger partial charge in [0.25, 0.3) is 0 Å². The van der Waals surface area contributed by atoms with Crippen molar-refractivity contribution in [2.24, 2.45) is 5.73 Å². The van der Waals surface area contributed by atoms with Crippen LogP contribution in [0.1, 0.15) is 24.8 Å². The van der Waals surface area contributed by atoms with Gasteiger partial charge in [0.1, 0.15) is 15.6 Å². The van der Waals surface area contributed by atoms with Crippen LogP contribution in [0.2, 0.25) is 0 Å². The predicted octanol–water partition coefficient (Wildman–Crippen LogP) is 1.92. The third kappa shape index (κ3) is 7.18. The van der Waals surface area contributed by atoms with Crippen molar-refractivity contribution >= 4 is 9.84 Å². The van der Waals surface area contributed by atoms with Crippen molar-refractivity contribution < 1.29 is 13.2 Å². The number of nitrogens with two attached hydrogens (primary N) is 1. The zero-order valence-electron chi connectivity index (χ0n) is 11.5. The summed E-state index contributed by atoms with van der Waals surface area (Å²) in [7, 11) is -2.93. The summed E-state index contributed by atoms with van der Waals surface area (Å²) in [6.07, 6.45) is 1.93. The van der Waals surface area contributed by atoms with Gasteiger partial charge in [0.15, 0.2) is 0 Å². The van der Waals surface area contributed by atoms with Gasteiger partial charge in [0.2, 0.25) is 0 Å². The maximum Gasteiger partial charge on any atom is 0.150 e. The van der Waals surface area contributed by atoms with Gasteiger partial charge in [-0.1, -0.05) is 17.7 Å². The highest BCUT2D eigenvalue weighted by atomic mass is 32.2. The topological polar surface area (TPSA) is 69.4 Å². The molecular weight excluding hydrogens is 262 g/mol. The molecule has 0 fully saturated rings. The van der Waals surface area contributed by atoms with E-state index in [4.69, 9.17) is 10.5 Å². The lowest BCUT2D eigenvalue weighted by atomic mass is 10.2. The third-order valence-corrected chi connectivity index (χ3v) is 4.62. The third-order valence-electron chi connectivity index (χ3n) is 2.80. The highest BCUT2D eigenvalue weighted by Crippen LogP contribution is 2.12. The fourth-order valence-corrected chi connectivity index (χ4v) is 3.11. The summed E-state index contributed by atoms with van der Waals surface area (Å²) in [6, 6.07) is 7.83. The summed E-state index contributed by atoms with van der Waals surface area (Å²) in [6.45, 7) is 3.00. The molecule has 0 saturated heterocycles. The highest BCUT2D eigenvalue weighted by Gasteiger charge is 2.09. The molecule has 4 nitrogen and oxygen atoms in total. The van der Waals surface area contributed by atoms with E-state index in [-0.39, 0.29) is 11.5 Å². The van der Waals surface area contributed by atoms with Gasteiger partial charge in [-0.3, -0.25) is 0 Å². The van der Waals surface area contributed by atoms with Gasteiger partial charge >= 0.3 is 0 Å². The van der Waals surface area contributed by atoms with Gasteiger partial charge in [-0.2, -0.15) is 0 Å². The van der Waals surface area contributed by atoms with E-state index in [0.717, 1.165) is 12.2 Å². The van der Waals surface area contributed by atoms with Gasteiger partial charge in [0.05, 0.1) is 18.1 Å². The van der Waals surface area contributed by atoms with E-state index >= 15 is 0 Å². The first kappa shape index (κ1) is 16.0. The zero-order chi connectivity index (χ0) is 14.1. The zero-order valence-corrected chi connectivity index (χ0v) is 12.3. The molecular formula is C14H23NO3S. The lowest BCUT2D eigenvalue weighted by molar-refractivity contribution is 0.309. The molecule has 1 rings (SSSR count). The molecule has 0 spiro atoms. The van der Waals surface area contributed by atoms with Crippen LogP contribution in [0.5, 0.6) is 5.75 Å². The largest absolute Gasteiger partial charge is 0.494 e. The molecule has 108 valence electrons. The standard InChI is InChI=1S/C14H23NO3S/c1-13-5-7-14(8-6-13)18-10-2-3-11-19(16,17)12-4-9-15/h5-8H,2-4,9-12,15H2,1H3. The van der Waals surface area contributed by atoms with Crippen LogP contribution in [0.15, 0.2) is 24.3 Å². The van der Waals surface area contributed by atoms with Gasteiger partial charge in [0, 0.05) is 0 Å². The quantitative estimate of drug-likeness (QED) is 0.704. The normalized spacial score (nSPS) is 11.5. The van der Waals surface area contributed by atoms with E-state index in [9.17, 15) is 8.42 Å². The number of rotatable bonds is 9. The second-order valence-corrected chi connectivity index (χ2v) is 6.97. The second kappa shape index (κ2) is 8.17. The van der Waals surface area contributed by atoms with E-state index in [1.165, 1.54) is 5.56 Å². The Hall–Kier alpha value is -1.07. The maximum atomic E-state index is 11.6. The maximum absolute atomic E-state index is 11.6. The number of aryl methyl sites for hydroxylation is 1. The molecule has 0 radical (unpaired) electrons. The molecule has 0 aliphatic heterocycles. The minimum atomic E-state index is -2.93. The van der Waals surface area contributed by atoms with E-state index in [2.05, 4.69) is 0 Å². The number of sulfone groups is 1. The van der Waals surface area contributed by atoms with Gasteiger partial charge in [-0.15, -0.1) is 0 Å². The highest BCUT2D eigenvalue weighted by molar-refractivity contribution is 7.91. The van der Waals surface area contributed by atoms with Gasteiger partial charge in [-0.05, 0) is 44.9 Å². The molecule has 0 aliphatic rings. The molecule has 1 aromatic carbocycles. The number of hydrogen-bond donors (Lipinski definition) is 1. The first-order chi connectivity index (χ1) is 9.03. The Morgan fingerprint density at radius 3 is 2.32 bits per heavy atom. The van der Waals surface area contributed by atoms with Crippen molar-refractivity contribution in [2.45, 2.75) is 26.2 Å². The SMILES string of the molecule is Cc1ccc(OCCCCS(=O)(=O)CCCN)cc1. The predicted molar refractivity (Wildman–Crippen MR) is 78.2 cm³/mol. The minimum Gasteiger partial charge on any atom is -0.494 e. The van der Waals surface area contributed by atoms with Gasteiger partial charge < -0.3 is 10.5 Å². The van der Waals surface area contributed by atoms with Crippen LogP contribution in [0, 0.1) is 6.92 Å². The van der Waals surface area contributed by atoms with E-state index in [1.807, 2.05) is 31.2 Å². The first-order valence-electron chi connectivity index (χ1n) is 6.63. The molecule has 0 unspecified atom stereocenters. The monoisotopic (exact) mass is 285 g/mol. The number of ether oxygens (including phenoxy) is 1. The molecule has 0 aliphatic carbocycles. The van der Waals surface area contributed by atoms with Crippen molar-refractivity contribution in [3.63, 3.8) is 0 Å². The van der Waals surface area contributed by atoms with Crippen LogP contribution in [-0.2, 0) is 9.84 Å². The lowest BCUT2D eigenvalue weighted by Gasteiger charge is -2.07. The Labute approximate surface area is 115 Å². The van der Waals surface area contributed by atoms with Crippen LogP contribution in [0.3, 0.4) is 0 Å². The Balaban J connectivity index is 2.16. The fraction of sp³-hybridized carbons (Fsp3) is 0.571. The van der Waals surface area contributed by atoms with Crippen LogP contribution in [0.4, 0.5) is 0 Å². The number of hydrogen-bond acceptors (Lipinski definition) is 4. The Morgan fingerprint density at radius 1 is 1.05 bits per heavy atom. The summed E-state index contributed by atoms with van der Waals surface area (Å²) in [5.74, 6) is 1.25. The van der Waals surface area contributed by atoms with Crippen LogP contribution < -0.4 is 10.5 Å². The molecule has 1 aromatic rings. The molecule has 19 heavy (non-hydrogen) atoms. The molecule has 0 aromatic heterocycles. The van der Waals surface area contributed by atoms with Gasteiger partial charge in [-0.25, -0.2) is 8.42 Å². The Kier molecular flexibility index (Phi) is 6.87. The second-order valence-electron chi connectivity index (χ2n) is 4.66. The Bertz CT molecular complexity index is 454. The summed E-state index contributed by atoms with van der Waals surface area (Å²) < 4.78 is 28.7. The fourth-order valence-electron chi connectivity index (χ4n) is 1.65. The van der Waals surface area contributed by atoms with Crippen molar-refractivity contribution in [3.05, 3.63) is 29.8 Å². The molecule has 0 atom stereocenters. The summed E-state index contributed by atoms with van der Waals surface area (Å²) in [5.41, 5.74) is 6.50. The minimum absolute atomic E-state index is 0.197. The van der Waals surface area contributed by atoms with Crippen LogP contribution in [-0.4, -0.2) is 33.1 Å². The van der Waals surface area contributed by atoms with E-state index < -0.39 is 9.84 Å². The van der Waals surface area contributed by atoms with E-state index in [0.29, 0.717) is 26.0 Å². The van der Waals surface area contributed by atoms with Crippen molar-refractivity contribution in [3.8, 4) is 5.75 Å². The molecule has 0 amide bonds. The summed E-state index contributed by atoms with van der Waals surface area (Å²) in [4.78, 5) is 0. The van der Waals surface area contributed by atoms with Crippen molar-refractivity contribution in [1.29, 1.82) is 0 Å². The average Bonchev–Trinajstić information content (AvgIpc) is 2.38. The summed E-state index contributed by atoms with van der Waals surface area (Å²) >= 11 is 0. The molecule has 2 N–H and O–H groups in total. The van der Waals surface area contributed by atoms with Crippen LogP contribution >= 0.6 is 0 Å². The smallest absolute Gasteiger partial charge is 0.150 e.